The van der Waals surface area contributed by atoms with Gasteiger partial charge >= 0.3 is 0 Å². The van der Waals surface area contributed by atoms with E-state index in [0.29, 0.717) is 54.8 Å². The van der Waals surface area contributed by atoms with Crippen LogP contribution in [0.15, 0.2) is 42.7 Å². The molecule has 1 aliphatic heterocycles. The van der Waals surface area contributed by atoms with E-state index in [4.69, 9.17) is 9.72 Å². The van der Waals surface area contributed by atoms with E-state index in [-0.39, 0.29) is 17.8 Å². The van der Waals surface area contributed by atoms with Gasteiger partial charge in [-0.15, -0.1) is 0 Å². The van der Waals surface area contributed by atoms with Gasteiger partial charge in [-0.05, 0) is 38.1 Å². The van der Waals surface area contributed by atoms with Crippen LogP contribution in [0.1, 0.15) is 34.7 Å². The third-order valence-electron chi connectivity index (χ3n) is 5.68. The van der Waals surface area contributed by atoms with Gasteiger partial charge in [-0.25, -0.2) is 9.37 Å². The number of aromatic amines is 1. The highest BCUT2D eigenvalue weighted by atomic mass is 19.1. The lowest BCUT2D eigenvalue weighted by atomic mass is 10.2. The zero-order chi connectivity index (χ0) is 22.9. The fourth-order valence-corrected chi connectivity index (χ4v) is 3.93. The van der Waals surface area contributed by atoms with E-state index in [9.17, 15) is 9.18 Å². The molecule has 33 heavy (non-hydrogen) atoms. The molecule has 4 aromatic rings. The molecular weight excluding hydrogens is 425 g/mol. The highest BCUT2D eigenvalue weighted by Crippen LogP contribution is 2.27. The highest BCUT2D eigenvalue weighted by Gasteiger charge is 2.24. The van der Waals surface area contributed by atoms with Gasteiger partial charge < -0.3 is 15.0 Å². The van der Waals surface area contributed by atoms with Crippen LogP contribution in [0.4, 0.5) is 10.2 Å². The Hall–Kier alpha value is -3.79. The largest absolute Gasteiger partial charge is 0.378 e. The Balaban J connectivity index is 1.53. The molecule has 0 aromatic carbocycles. The maximum Gasteiger partial charge on any atom is 0.256 e. The molecule has 1 amide bonds. The Morgan fingerprint density at radius 3 is 2.76 bits per heavy atom. The molecule has 0 aliphatic carbocycles. The lowest BCUT2D eigenvalue weighted by Crippen LogP contribution is -2.40. The number of morpholine rings is 1. The summed E-state index contributed by atoms with van der Waals surface area (Å²) in [4.78, 5) is 24.0. The molecule has 1 saturated heterocycles. The number of hydrogen-bond acceptors (Lipinski definition) is 6. The molecular formula is C23H24FN7O2. The number of aromatic nitrogens is 5. The Morgan fingerprint density at radius 1 is 1.24 bits per heavy atom. The topological polar surface area (TPSA) is 101 Å². The summed E-state index contributed by atoms with van der Waals surface area (Å²) in [6.07, 6.45) is 2.98. The van der Waals surface area contributed by atoms with Crippen molar-refractivity contribution in [3.05, 3.63) is 65.5 Å². The molecule has 1 atom stereocenters. The quantitative estimate of drug-likeness (QED) is 0.485. The van der Waals surface area contributed by atoms with Gasteiger partial charge in [0.25, 0.3) is 5.91 Å². The van der Waals surface area contributed by atoms with Gasteiger partial charge in [0.15, 0.2) is 5.82 Å². The zero-order valence-electron chi connectivity index (χ0n) is 18.4. The second-order valence-corrected chi connectivity index (χ2v) is 8.06. The summed E-state index contributed by atoms with van der Waals surface area (Å²) in [5, 5.41) is 11.3. The number of nitrogens with zero attached hydrogens (tertiary/aromatic N) is 5. The Kier molecular flexibility index (Phi) is 5.51. The number of nitrogens with one attached hydrogen (secondary N) is 2. The maximum atomic E-state index is 13.3. The lowest BCUT2D eigenvalue weighted by molar-refractivity contribution is 0.0304. The number of fused-ring (bicyclic) bond motifs is 1. The van der Waals surface area contributed by atoms with Crippen LogP contribution in [-0.4, -0.2) is 61.8 Å². The van der Waals surface area contributed by atoms with Crippen LogP contribution in [-0.2, 0) is 4.74 Å². The van der Waals surface area contributed by atoms with Gasteiger partial charge in [-0.1, -0.05) is 0 Å². The van der Waals surface area contributed by atoms with E-state index < -0.39 is 0 Å². The molecule has 5 heterocycles. The van der Waals surface area contributed by atoms with E-state index in [1.165, 1.54) is 12.3 Å². The zero-order valence-corrected chi connectivity index (χ0v) is 18.4. The second kappa shape index (κ2) is 8.62. The summed E-state index contributed by atoms with van der Waals surface area (Å²) < 4.78 is 20.4. The van der Waals surface area contributed by atoms with Crippen LogP contribution in [0, 0.1) is 12.7 Å². The van der Waals surface area contributed by atoms with Crippen molar-refractivity contribution >= 4 is 22.8 Å². The summed E-state index contributed by atoms with van der Waals surface area (Å²) >= 11 is 0. The second-order valence-electron chi connectivity index (χ2n) is 8.06. The Morgan fingerprint density at radius 2 is 2.06 bits per heavy atom. The van der Waals surface area contributed by atoms with Gasteiger partial charge in [-0.2, -0.15) is 5.10 Å². The molecule has 2 N–H and O–H groups in total. The van der Waals surface area contributed by atoms with Crippen LogP contribution in [0.3, 0.4) is 0 Å². The van der Waals surface area contributed by atoms with Crippen molar-refractivity contribution < 1.29 is 13.9 Å². The summed E-state index contributed by atoms with van der Waals surface area (Å²) in [5.74, 6) is 0.824. The number of carbonyl (C=O) groups excluding carboxylic acids is 1. The average Bonchev–Trinajstić information content (AvgIpc) is 3.43. The molecule has 0 spiro atoms. The smallest absolute Gasteiger partial charge is 0.256 e. The molecule has 170 valence electrons. The van der Waals surface area contributed by atoms with E-state index in [0.717, 1.165) is 11.1 Å². The third kappa shape index (κ3) is 4.17. The minimum atomic E-state index is -0.380. The number of halogens is 1. The predicted octanol–water partition coefficient (Wildman–Crippen LogP) is 3.24. The summed E-state index contributed by atoms with van der Waals surface area (Å²) in [7, 11) is 0. The maximum absolute atomic E-state index is 13.3. The van der Waals surface area contributed by atoms with Gasteiger partial charge in [-0.3, -0.25) is 19.4 Å². The molecule has 1 fully saturated rings. The number of pyridine rings is 2. The SMILES string of the molecule is Cc1cc(-n2cc(C(=O)N3CCOCC3)c3ccc(N[C@@H](C)c4ccc(F)cn4)nc32)n[nH]1. The Labute approximate surface area is 189 Å². The average molecular weight is 449 g/mol. The molecule has 0 bridgehead atoms. The van der Waals surface area contributed by atoms with Crippen molar-refractivity contribution in [2.24, 2.45) is 0 Å². The molecule has 5 rings (SSSR count). The Bertz CT molecular complexity index is 1290. The number of amides is 1. The number of H-pyrrole nitrogens is 1. The minimum Gasteiger partial charge on any atom is -0.378 e. The van der Waals surface area contributed by atoms with Crippen LogP contribution in [0.25, 0.3) is 16.9 Å². The van der Waals surface area contributed by atoms with Gasteiger partial charge in [0, 0.05) is 36.4 Å². The summed E-state index contributed by atoms with van der Waals surface area (Å²) in [6, 6.07) is 8.44. The van der Waals surface area contributed by atoms with Crippen molar-refractivity contribution in [1.29, 1.82) is 0 Å². The highest BCUT2D eigenvalue weighted by molar-refractivity contribution is 6.06. The number of ether oxygens (including phenoxy) is 1. The molecule has 10 heteroatoms. The van der Waals surface area contributed by atoms with Gasteiger partial charge in [0.2, 0.25) is 0 Å². The molecule has 1 aliphatic rings. The third-order valence-corrected chi connectivity index (χ3v) is 5.68. The first-order valence-corrected chi connectivity index (χ1v) is 10.8. The molecule has 9 nitrogen and oxygen atoms in total. The van der Waals surface area contributed by atoms with Crippen LogP contribution >= 0.6 is 0 Å². The van der Waals surface area contributed by atoms with Crippen LogP contribution in [0.5, 0.6) is 0 Å². The van der Waals surface area contributed by atoms with Crippen molar-refractivity contribution in [1.82, 2.24) is 29.6 Å². The van der Waals surface area contributed by atoms with Gasteiger partial charge in [0.1, 0.15) is 17.3 Å². The fourth-order valence-electron chi connectivity index (χ4n) is 3.93. The first kappa shape index (κ1) is 21.1. The van der Waals surface area contributed by atoms with Crippen molar-refractivity contribution in [2.45, 2.75) is 19.9 Å². The number of rotatable bonds is 5. The molecule has 0 saturated carbocycles. The van der Waals surface area contributed by atoms with Crippen LogP contribution in [0.2, 0.25) is 0 Å². The molecule has 0 radical (unpaired) electrons. The van der Waals surface area contributed by atoms with Crippen molar-refractivity contribution in [3.8, 4) is 5.82 Å². The first-order chi connectivity index (χ1) is 16.0. The molecule has 4 aromatic heterocycles. The number of carbonyl (C=O) groups is 1. The number of anilines is 1. The van der Waals surface area contributed by atoms with E-state index in [2.05, 4.69) is 20.5 Å². The standard InChI is InChI=1S/C23H24FN7O2/c1-14-11-21(29-28-14)31-13-18(23(32)30-7-9-33-10-8-30)17-4-6-20(27-22(17)31)26-15(2)19-5-3-16(24)12-25-19/h3-6,11-13,15H,7-10H2,1-2H3,(H,26,27)(H,28,29)/t15-/m0/s1. The molecule has 0 unspecified atom stereocenters. The fraction of sp³-hybridized carbons (Fsp3) is 0.304. The first-order valence-electron chi connectivity index (χ1n) is 10.8. The van der Waals surface area contributed by atoms with Crippen LogP contribution < -0.4 is 5.32 Å². The lowest BCUT2D eigenvalue weighted by Gasteiger charge is -2.26. The van der Waals surface area contributed by atoms with E-state index >= 15 is 0 Å². The number of aryl methyl sites for hydroxylation is 1. The monoisotopic (exact) mass is 449 g/mol. The van der Waals surface area contributed by atoms with Gasteiger partial charge in [0.05, 0.1) is 36.7 Å². The van der Waals surface area contributed by atoms with E-state index in [1.54, 1.807) is 17.2 Å². The summed E-state index contributed by atoms with van der Waals surface area (Å²) in [6.45, 7) is 6.02. The van der Waals surface area contributed by atoms with E-state index in [1.807, 2.05) is 36.6 Å². The normalized spacial score (nSPS) is 15.1. The number of hydrogen-bond donors (Lipinski definition) is 2. The van der Waals surface area contributed by atoms with Crippen molar-refractivity contribution in [3.63, 3.8) is 0 Å². The minimum absolute atomic E-state index is 0.0549. The summed E-state index contributed by atoms with van der Waals surface area (Å²) in [5.41, 5.74) is 2.78. The predicted molar refractivity (Wildman–Crippen MR) is 121 cm³/mol. The van der Waals surface area contributed by atoms with Crippen molar-refractivity contribution in [2.75, 3.05) is 31.6 Å².